The van der Waals surface area contributed by atoms with Gasteiger partial charge >= 0.3 is 0 Å². The molecule has 2 aromatic rings. The van der Waals surface area contributed by atoms with E-state index in [1.54, 1.807) is 0 Å². The van der Waals surface area contributed by atoms with Crippen LogP contribution in [0.4, 0.5) is 0 Å². The molecule has 0 unspecified atom stereocenters. The topological polar surface area (TPSA) is 41.5 Å². The van der Waals surface area contributed by atoms with E-state index in [-0.39, 0.29) is 11.8 Å². The first-order valence-electron chi connectivity index (χ1n) is 8.53. The maximum atomic E-state index is 12.2. The highest BCUT2D eigenvalue weighted by Gasteiger charge is 2.43. The molecule has 0 saturated heterocycles. The molecule has 0 heterocycles. The van der Waals surface area contributed by atoms with Gasteiger partial charge in [0.1, 0.15) is 0 Å². The Kier molecular flexibility index (Phi) is 5.57. The van der Waals surface area contributed by atoms with E-state index in [0.717, 1.165) is 17.7 Å². The molecule has 0 bridgehead atoms. The van der Waals surface area contributed by atoms with Crippen molar-refractivity contribution in [2.24, 2.45) is 11.0 Å². The second-order valence-corrected chi connectivity index (χ2v) is 6.22. The molecule has 0 spiro atoms. The number of hydrazone groups is 1. The fourth-order valence-corrected chi connectivity index (χ4v) is 2.74. The number of allylic oxidation sites excluding steroid dienone is 3. The van der Waals surface area contributed by atoms with Crippen LogP contribution in [0.2, 0.25) is 0 Å². The van der Waals surface area contributed by atoms with Gasteiger partial charge in [-0.2, -0.15) is 5.10 Å². The zero-order valence-corrected chi connectivity index (χ0v) is 14.3. The highest BCUT2D eigenvalue weighted by Crippen LogP contribution is 2.47. The van der Waals surface area contributed by atoms with Crippen LogP contribution in [-0.2, 0) is 4.79 Å². The van der Waals surface area contributed by atoms with Gasteiger partial charge < -0.3 is 0 Å². The van der Waals surface area contributed by atoms with Gasteiger partial charge in [0.2, 0.25) is 5.91 Å². The molecule has 25 heavy (non-hydrogen) atoms. The van der Waals surface area contributed by atoms with Crippen LogP contribution in [-0.4, -0.2) is 11.6 Å². The third-order valence-corrected chi connectivity index (χ3v) is 4.23. The minimum absolute atomic E-state index is 0.00132. The molecule has 3 nitrogen and oxygen atoms in total. The first kappa shape index (κ1) is 16.9. The van der Waals surface area contributed by atoms with E-state index in [1.165, 1.54) is 5.56 Å². The van der Waals surface area contributed by atoms with E-state index in [4.69, 9.17) is 0 Å². The van der Waals surface area contributed by atoms with Crippen molar-refractivity contribution in [1.82, 2.24) is 5.43 Å². The standard InChI is InChI=1S/C22H22N2O/c1-17(10-8-9-13-18-11-4-2-5-12-18)23-24-22(25)21-16-20(21)19-14-6-3-7-15-19/h2-15,20-21H,16H2,1H3,(H,24,25)/b10-8+,13-9+,23-17-/t20-,21+/m0/s1. The molecule has 2 aromatic carbocycles. The van der Waals surface area contributed by atoms with Crippen molar-refractivity contribution in [1.29, 1.82) is 0 Å². The molecule has 2 atom stereocenters. The van der Waals surface area contributed by atoms with Crippen LogP contribution in [0.15, 0.2) is 84.0 Å². The molecule has 1 saturated carbocycles. The zero-order valence-electron chi connectivity index (χ0n) is 14.3. The molecule has 0 aromatic heterocycles. The van der Waals surface area contributed by atoms with Crippen molar-refractivity contribution in [2.45, 2.75) is 19.3 Å². The Labute approximate surface area is 148 Å². The predicted octanol–water partition coefficient (Wildman–Crippen LogP) is 4.55. The molecule has 126 valence electrons. The number of nitrogens with one attached hydrogen (secondary N) is 1. The quantitative estimate of drug-likeness (QED) is 0.471. The van der Waals surface area contributed by atoms with E-state index in [9.17, 15) is 4.79 Å². The largest absolute Gasteiger partial charge is 0.273 e. The summed E-state index contributed by atoms with van der Waals surface area (Å²) in [7, 11) is 0. The summed E-state index contributed by atoms with van der Waals surface area (Å²) in [6.07, 6.45) is 8.68. The number of carbonyl (C=O) groups excluding carboxylic acids is 1. The van der Waals surface area contributed by atoms with Crippen LogP contribution in [0.5, 0.6) is 0 Å². The molecule has 0 radical (unpaired) electrons. The van der Waals surface area contributed by atoms with Gasteiger partial charge in [-0.1, -0.05) is 78.9 Å². The molecule has 0 aliphatic heterocycles. The van der Waals surface area contributed by atoms with E-state index in [1.807, 2.05) is 79.8 Å². The maximum Gasteiger partial charge on any atom is 0.243 e. The van der Waals surface area contributed by atoms with Gasteiger partial charge in [0.15, 0.2) is 0 Å². The number of nitrogens with zero attached hydrogens (tertiary/aromatic N) is 1. The first-order valence-corrected chi connectivity index (χ1v) is 8.53. The van der Waals surface area contributed by atoms with Crippen molar-refractivity contribution >= 4 is 17.7 Å². The van der Waals surface area contributed by atoms with Crippen LogP contribution in [0.25, 0.3) is 6.08 Å². The van der Waals surface area contributed by atoms with Crippen molar-refractivity contribution in [3.8, 4) is 0 Å². The van der Waals surface area contributed by atoms with Crippen molar-refractivity contribution < 1.29 is 4.79 Å². The summed E-state index contributed by atoms with van der Waals surface area (Å²) in [4.78, 5) is 12.2. The molecular weight excluding hydrogens is 308 g/mol. The van der Waals surface area contributed by atoms with Crippen LogP contribution < -0.4 is 5.43 Å². The third kappa shape index (κ3) is 5.01. The second-order valence-electron chi connectivity index (χ2n) is 6.22. The highest BCUT2D eigenvalue weighted by atomic mass is 16.2. The fraction of sp³-hybridized carbons (Fsp3) is 0.182. The lowest BCUT2D eigenvalue weighted by molar-refractivity contribution is -0.122. The van der Waals surface area contributed by atoms with Crippen LogP contribution >= 0.6 is 0 Å². The van der Waals surface area contributed by atoms with E-state index < -0.39 is 0 Å². The van der Waals surface area contributed by atoms with Gasteiger partial charge in [-0.15, -0.1) is 0 Å². The number of hydrogen-bond acceptors (Lipinski definition) is 2. The zero-order chi connectivity index (χ0) is 17.5. The Morgan fingerprint density at radius 2 is 1.72 bits per heavy atom. The number of rotatable bonds is 6. The van der Waals surface area contributed by atoms with E-state index in [2.05, 4.69) is 22.7 Å². The summed E-state index contributed by atoms with van der Waals surface area (Å²) in [6.45, 7) is 1.87. The molecular formula is C22H22N2O. The summed E-state index contributed by atoms with van der Waals surface area (Å²) >= 11 is 0. The van der Waals surface area contributed by atoms with Gasteiger partial charge in [-0.05, 0) is 36.5 Å². The number of carbonyl (C=O) groups is 1. The molecule has 3 heteroatoms. The monoisotopic (exact) mass is 330 g/mol. The normalized spacial score (nSPS) is 20.1. The SMILES string of the molecule is CC(/C=C/C=C/c1ccccc1)=N/NC(=O)[C@@H]1C[C@H]1c1ccccc1. The van der Waals surface area contributed by atoms with Gasteiger partial charge in [0.05, 0.1) is 5.71 Å². The average Bonchev–Trinajstić information content (AvgIpc) is 3.46. The summed E-state index contributed by atoms with van der Waals surface area (Å²) < 4.78 is 0. The van der Waals surface area contributed by atoms with Gasteiger partial charge in [-0.25, -0.2) is 5.43 Å². The molecule has 1 fully saturated rings. The first-order chi connectivity index (χ1) is 12.2. The van der Waals surface area contributed by atoms with Crippen LogP contribution in [0.3, 0.4) is 0 Å². The minimum Gasteiger partial charge on any atom is -0.273 e. The Hall–Kier alpha value is -2.94. The average molecular weight is 330 g/mol. The Morgan fingerprint density at radius 1 is 1.04 bits per heavy atom. The molecule has 1 N–H and O–H groups in total. The Balaban J connectivity index is 1.46. The number of benzene rings is 2. The predicted molar refractivity (Wildman–Crippen MR) is 103 cm³/mol. The van der Waals surface area contributed by atoms with Gasteiger partial charge in [0, 0.05) is 5.92 Å². The lowest BCUT2D eigenvalue weighted by atomic mass is 10.1. The lowest BCUT2D eigenvalue weighted by Gasteiger charge is -2.00. The van der Waals surface area contributed by atoms with E-state index in [0.29, 0.717) is 5.92 Å². The Bertz CT molecular complexity index is 791. The maximum absolute atomic E-state index is 12.2. The number of amides is 1. The van der Waals surface area contributed by atoms with Gasteiger partial charge in [0.25, 0.3) is 0 Å². The minimum atomic E-state index is 0.00132. The number of hydrogen-bond donors (Lipinski definition) is 1. The van der Waals surface area contributed by atoms with Crippen molar-refractivity contribution in [2.75, 3.05) is 0 Å². The molecule has 1 aliphatic carbocycles. The second kappa shape index (κ2) is 8.25. The summed E-state index contributed by atoms with van der Waals surface area (Å²) in [6, 6.07) is 20.3. The smallest absolute Gasteiger partial charge is 0.243 e. The highest BCUT2D eigenvalue weighted by molar-refractivity contribution is 5.94. The molecule has 1 aliphatic rings. The fourth-order valence-electron chi connectivity index (χ4n) is 2.74. The van der Waals surface area contributed by atoms with Crippen LogP contribution in [0.1, 0.15) is 30.4 Å². The summed E-state index contributed by atoms with van der Waals surface area (Å²) in [5, 5.41) is 4.15. The van der Waals surface area contributed by atoms with Crippen molar-refractivity contribution in [3.63, 3.8) is 0 Å². The van der Waals surface area contributed by atoms with Gasteiger partial charge in [-0.3, -0.25) is 4.79 Å². The molecule has 1 amide bonds. The lowest BCUT2D eigenvalue weighted by Crippen LogP contribution is -2.21. The van der Waals surface area contributed by atoms with Crippen molar-refractivity contribution in [3.05, 3.63) is 90.0 Å². The summed E-state index contributed by atoms with van der Waals surface area (Å²) in [5.74, 6) is 0.378. The third-order valence-electron chi connectivity index (χ3n) is 4.23. The Morgan fingerprint density at radius 3 is 2.44 bits per heavy atom. The summed E-state index contributed by atoms with van der Waals surface area (Å²) in [5.41, 5.74) is 5.82. The van der Waals surface area contributed by atoms with E-state index >= 15 is 0 Å². The molecule has 3 rings (SSSR count). The van der Waals surface area contributed by atoms with Crippen LogP contribution in [0, 0.1) is 5.92 Å².